The van der Waals surface area contributed by atoms with Crippen molar-refractivity contribution in [3.05, 3.63) is 0 Å². The highest BCUT2D eigenvalue weighted by molar-refractivity contribution is 9.09. The van der Waals surface area contributed by atoms with Crippen LogP contribution in [0.2, 0.25) is 18.1 Å². The van der Waals surface area contributed by atoms with Gasteiger partial charge in [-0.05, 0) is 37.9 Å². The smallest absolute Gasteiger partial charge is 0.195 e. The standard InChI is InChI=1S/C13H29BrO2Si/c1-6-15-13(11-10-12(5)14)16-17(7-2,8-3)9-4/h12-13H,6-11H2,1-5H3. The quantitative estimate of drug-likeness (QED) is 0.322. The van der Waals surface area contributed by atoms with Crippen LogP contribution in [0.5, 0.6) is 0 Å². The zero-order chi connectivity index (χ0) is 13.3. The highest BCUT2D eigenvalue weighted by Gasteiger charge is 2.32. The van der Waals surface area contributed by atoms with E-state index in [4.69, 9.17) is 9.16 Å². The first-order valence-corrected chi connectivity index (χ1v) is 10.4. The lowest BCUT2D eigenvalue weighted by Crippen LogP contribution is -2.41. The van der Waals surface area contributed by atoms with Gasteiger partial charge in [0.2, 0.25) is 0 Å². The molecule has 0 saturated heterocycles. The molecule has 0 aliphatic heterocycles. The second kappa shape index (κ2) is 9.53. The molecule has 0 rings (SSSR count). The first-order valence-electron chi connectivity index (χ1n) is 6.97. The normalized spacial score (nSPS) is 15.9. The van der Waals surface area contributed by atoms with Crippen LogP contribution in [0, 0.1) is 0 Å². The van der Waals surface area contributed by atoms with Gasteiger partial charge in [-0.1, -0.05) is 43.6 Å². The lowest BCUT2D eigenvalue weighted by atomic mass is 10.2. The highest BCUT2D eigenvalue weighted by atomic mass is 79.9. The molecular formula is C13H29BrO2Si. The molecule has 0 aromatic heterocycles. The summed E-state index contributed by atoms with van der Waals surface area (Å²) in [6.07, 6.45) is 2.10. The van der Waals surface area contributed by atoms with Crippen LogP contribution in [0.15, 0.2) is 0 Å². The van der Waals surface area contributed by atoms with Crippen LogP contribution in [-0.2, 0) is 9.16 Å². The van der Waals surface area contributed by atoms with E-state index >= 15 is 0 Å². The van der Waals surface area contributed by atoms with Gasteiger partial charge in [-0.25, -0.2) is 0 Å². The molecule has 0 bridgehead atoms. The summed E-state index contributed by atoms with van der Waals surface area (Å²) < 4.78 is 12.1. The third-order valence-electron chi connectivity index (χ3n) is 3.47. The predicted molar refractivity (Wildman–Crippen MR) is 81.3 cm³/mol. The molecule has 2 unspecified atom stereocenters. The van der Waals surface area contributed by atoms with Crippen LogP contribution in [0.3, 0.4) is 0 Å². The summed E-state index contributed by atoms with van der Waals surface area (Å²) in [6.45, 7) is 11.7. The van der Waals surface area contributed by atoms with Crippen LogP contribution in [0.4, 0.5) is 0 Å². The fourth-order valence-electron chi connectivity index (χ4n) is 2.01. The Morgan fingerprint density at radius 2 is 1.53 bits per heavy atom. The predicted octanol–water partition coefficient (Wildman–Crippen LogP) is 4.93. The van der Waals surface area contributed by atoms with Gasteiger partial charge in [-0.15, -0.1) is 0 Å². The molecule has 0 aromatic rings. The van der Waals surface area contributed by atoms with Crippen molar-refractivity contribution in [3.8, 4) is 0 Å². The second-order valence-electron chi connectivity index (χ2n) is 4.60. The summed E-state index contributed by atoms with van der Waals surface area (Å²) in [7, 11) is -1.53. The maximum Gasteiger partial charge on any atom is 0.195 e. The topological polar surface area (TPSA) is 18.5 Å². The molecule has 2 nitrogen and oxygen atoms in total. The molecule has 0 fully saturated rings. The van der Waals surface area contributed by atoms with Gasteiger partial charge < -0.3 is 9.16 Å². The minimum absolute atomic E-state index is 0.00603. The molecule has 0 aliphatic carbocycles. The van der Waals surface area contributed by atoms with Crippen molar-refractivity contribution in [1.82, 2.24) is 0 Å². The Labute approximate surface area is 117 Å². The zero-order valence-corrected chi connectivity index (χ0v) is 14.7. The van der Waals surface area contributed by atoms with Gasteiger partial charge in [0, 0.05) is 11.4 Å². The van der Waals surface area contributed by atoms with Gasteiger partial charge in [0.05, 0.1) is 0 Å². The number of hydrogen-bond acceptors (Lipinski definition) is 2. The van der Waals surface area contributed by atoms with E-state index in [9.17, 15) is 0 Å². The number of halogens is 1. The Bertz CT molecular complexity index is 176. The van der Waals surface area contributed by atoms with E-state index in [2.05, 4.69) is 43.6 Å². The minimum atomic E-state index is -1.53. The molecule has 0 spiro atoms. The molecule has 4 heteroatoms. The van der Waals surface area contributed by atoms with E-state index in [0.717, 1.165) is 19.4 Å². The summed E-state index contributed by atoms with van der Waals surface area (Å²) in [4.78, 5) is 0.537. The summed E-state index contributed by atoms with van der Waals surface area (Å²) >= 11 is 3.59. The number of hydrogen-bond donors (Lipinski definition) is 0. The Hall–Kier alpha value is 0.617. The Balaban J connectivity index is 4.38. The average molecular weight is 325 g/mol. The average Bonchev–Trinajstić information content (AvgIpc) is 2.33. The molecule has 17 heavy (non-hydrogen) atoms. The van der Waals surface area contributed by atoms with E-state index in [1.165, 1.54) is 18.1 Å². The van der Waals surface area contributed by atoms with E-state index in [1.807, 2.05) is 6.92 Å². The van der Waals surface area contributed by atoms with Gasteiger partial charge in [0.25, 0.3) is 0 Å². The first-order chi connectivity index (χ1) is 8.03. The van der Waals surface area contributed by atoms with E-state index < -0.39 is 8.32 Å². The van der Waals surface area contributed by atoms with Crippen LogP contribution in [0.25, 0.3) is 0 Å². The highest BCUT2D eigenvalue weighted by Crippen LogP contribution is 2.25. The summed E-state index contributed by atoms with van der Waals surface area (Å²) in [6, 6.07) is 3.56. The second-order valence-corrected chi connectivity index (χ2v) is 10.9. The molecule has 0 aromatic carbocycles. The van der Waals surface area contributed by atoms with Crippen molar-refractivity contribution in [2.75, 3.05) is 6.61 Å². The lowest BCUT2D eigenvalue weighted by molar-refractivity contribution is -0.0877. The van der Waals surface area contributed by atoms with E-state index in [-0.39, 0.29) is 6.29 Å². The van der Waals surface area contributed by atoms with Crippen LogP contribution < -0.4 is 0 Å². The molecule has 0 radical (unpaired) electrons. The third-order valence-corrected chi connectivity index (χ3v) is 8.55. The van der Waals surface area contributed by atoms with Crippen molar-refractivity contribution in [1.29, 1.82) is 0 Å². The Kier molecular flexibility index (Phi) is 9.88. The molecule has 0 heterocycles. The zero-order valence-electron chi connectivity index (χ0n) is 12.1. The van der Waals surface area contributed by atoms with E-state index in [1.54, 1.807) is 0 Å². The number of ether oxygens (including phenoxy) is 1. The SMILES string of the molecule is CCOC(CCC(C)Br)O[Si](CC)(CC)CC. The van der Waals surface area contributed by atoms with Gasteiger partial charge in [0.1, 0.15) is 6.29 Å². The number of alkyl halides is 1. The third kappa shape index (κ3) is 6.94. The molecular weight excluding hydrogens is 296 g/mol. The summed E-state index contributed by atoms with van der Waals surface area (Å²) in [5.41, 5.74) is 0. The fraction of sp³-hybridized carbons (Fsp3) is 1.00. The monoisotopic (exact) mass is 324 g/mol. The van der Waals surface area contributed by atoms with Gasteiger partial charge in [0.15, 0.2) is 8.32 Å². The van der Waals surface area contributed by atoms with Crippen molar-refractivity contribution >= 4 is 24.2 Å². The largest absolute Gasteiger partial charge is 0.392 e. The van der Waals surface area contributed by atoms with Gasteiger partial charge in [-0.3, -0.25) is 0 Å². The minimum Gasteiger partial charge on any atom is -0.392 e. The molecule has 0 aliphatic rings. The molecule has 0 amide bonds. The van der Waals surface area contributed by atoms with Crippen molar-refractivity contribution in [3.63, 3.8) is 0 Å². The van der Waals surface area contributed by atoms with Crippen LogP contribution in [-0.4, -0.2) is 26.0 Å². The van der Waals surface area contributed by atoms with Crippen LogP contribution >= 0.6 is 15.9 Å². The van der Waals surface area contributed by atoms with Crippen LogP contribution in [0.1, 0.15) is 47.5 Å². The van der Waals surface area contributed by atoms with Crippen molar-refractivity contribution < 1.29 is 9.16 Å². The lowest BCUT2D eigenvalue weighted by Gasteiger charge is -2.33. The van der Waals surface area contributed by atoms with E-state index in [0.29, 0.717) is 4.83 Å². The van der Waals surface area contributed by atoms with Crippen molar-refractivity contribution in [2.45, 2.75) is 76.7 Å². The molecule has 0 N–H and O–H groups in total. The Morgan fingerprint density at radius 3 is 1.88 bits per heavy atom. The molecule has 104 valence electrons. The molecule has 0 saturated carbocycles. The Morgan fingerprint density at radius 1 is 1.00 bits per heavy atom. The first kappa shape index (κ1) is 17.6. The molecule has 2 atom stereocenters. The van der Waals surface area contributed by atoms with Gasteiger partial charge in [-0.2, -0.15) is 0 Å². The summed E-state index contributed by atoms with van der Waals surface area (Å²) in [5.74, 6) is 0. The fourth-order valence-corrected chi connectivity index (χ4v) is 5.01. The summed E-state index contributed by atoms with van der Waals surface area (Å²) in [5, 5.41) is 0. The van der Waals surface area contributed by atoms with Gasteiger partial charge >= 0.3 is 0 Å². The van der Waals surface area contributed by atoms with Crippen molar-refractivity contribution in [2.24, 2.45) is 0 Å². The maximum absolute atomic E-state index is 6.37. The number of rotatable bonds is 10. The maximum atomic E-state index is 6.37.